The van der Waals surface area contributed by atoms with Gasteiger partial charge in [0.1, 0.15) is 5.75 Å². The van der Waals surface area contributed by atoms with Crippen molar-refractivity contribution in [1.29, 1.82) is 0 Å². The first-order valence-electron chi connectivity index (χ1n) is 5.39. The molecule has 0 saturated heterocycles. The highest BCUT2D eigenvalue weighted by molar-refractivity contribution is 5.36. The van der Waals surface area contributed by atoms with Crippen LogP contribution in [0.1, 0.15) is 32.3 Å². The van der Waals surface area contributed by atoms with Crippen molar-refractivity contribution in [1.82, 2.24) is 0 Å². The molecule has 0 fully saturated rings. The second kappa shape index (κ2) is 5.17. The number of methoxy groups -OCH3 is 1. The van der Waals surface area contributed by atoms with Crippen LogP contribution in [0.15, 0.2) is 24.3 Å². The average molecular weight is 208 g/mol. The van der Waals surface area contributed by atoms with Crippen LogP contribution in [0.25, 0.3) is 0 Å². The fraction of sp³-hybridized carbons (Fsp3) is 0.538. The fourth-order valence-corrected chi connectivity index (χ4v) is 1.80. The second-order valence-corrected chi connectivity index (χ2v) is 4.27. The van der Waals surface area contributed by atoms with E-state index in [9.17, 15) is 5.11 Å². The fourth-order valence-electron chi connectivity index (χ4n) is 1.80. The molecule has 2 heteroatoms. The van der Waals surface area contributed by atoms with Gasteiger partial charge in [0.2, 0.25) is 0 Å². The van der Waals surface area contributed by atoms with E-state index in [-0.39, 0.29) is 17.9 Å². The van der Waals surface area contributed by atoms with Crippen LogP contribution in [-0.4, -0.2) is 18.3 Å². The van der Waals surface area contributed by atoms with Gasteiger partial charge < -0.3 is 9.84 Å². The molecule has 84 valence electrons. The predicted molar refractivity (Wildman–Crippen MR) is 62.3 cm³/mol. The first kappa shape index (κ1) is 12.1. The molecular formula is C13H20O2. The zero-order valence-electron chi connectivity index (χ0n) is 9.90. The highest BCUT2D eigenvalue weighted by Crippen LogP contribution is 2.30. The van der Waals surface area contributed by atoms with Crippen molar-refractivity contribution < 1.29 is 9.84 Å². The smallest absolute Gasteiger partial charge is 0.122 e. The standard InChI is InChI=1S/C13H20O2/c1-9(2)13(14)10(3)11-7-5-6-8-12(11)15-4/h5-10,13-14H,1-4H3. The molecule has 0 saturated carbocycles. The van der Waals surface area contributed by atoms with Crippen LogP contribution in [-0.2, 0) is 0 Å². The SMILES string of the molecule is COc1ccccc1C(C)C(O)C(C)C. The van der Waals surface area contributed by atoms with Gasteiger partial charge in [-0.15, -0.1) is 0 Å². The molecular weight excluding hydrogens is 188 g/mol. The molecule has 0 heterocycles. The van der Waals surface area contributed by atoms with Crippen molar-refractivity contribution in [2.75, 3.05) is 7.11 Å². The molecule has 0 aliphatic carbocycles. The Balaban J connectivity index is 2.94. The van der Waals surface area contributed by atoms with Gasteiger partial charge in [-0.2, -0.15) is 0 Å². The maximum atomic E-state index is 10.0. The van der Waals surface area contributed by atoms with E-state index in [4.69, 9.17) is 4.74 Å². The van der Waals surface area contributed by atoms with E-state index in [0.29, 0.717) is 0 Å². The van der Waals surface area contributed by atoms with Gasteiger partial charge in [0.15, 0.2) is 0 Å². The van der Waals surface area contributed by atoms with E-state index in [1.165, 1.54) is 0 Å². The van der Waals surface area contributed by atoms with E-state index >= 15 is 0 Å². The molecule has 15 heavy (non-hydrogen) atoms. The summed E-state index contributed by atoms with van der Waals surface area (Å²) in [5.74, 6) is 1.20. The molecule has 1 aromatic carbocycles. The summed E-state index contributed by atoms with van der Waals surface area (Å²) in [6.07, 6.45) is -0.332. The monoisotopic (exact) mass is 208 g/mol. The lowest BCUT2D eigenvalue weighted by Crippen LogP contribution is -2.22. The third-order valence-electron chi connectivity index (χ3n) is 2.82. The van der Waals surface area contributed by atoms with Crippen LogP contribution in [0.3, 0.4) is 0 Å². The summed E-state index contributed by atoms with van der Waals surface area (Å²) in [6.45, 7) is 6.08. The molecule has 1 aromatic rings. The normalized spacial score (nSPS) is 15.1. The summed E-state index contributed by atoms with van der Waals surface area (Å²) < 4.78 is 5.29. The molecule has 0 bridgehead atoms. The van der Waals surface area contributed by atoms with Gasteiger partial charge in [-0.25, -0.2) is 0 Å². The van der Waals surface area contributed by atoms with E-state index in [1.54, 1.807) is 7.11 Å². The van der Waals surface area contributed by atoms with Crippen molar-refractivity contribution >= 4 is 0 Å². The van der Waals surface area contributed by atoms with Gasteiger partial charge in [-0.3, -0.25) is 0 Å². The van der Waals surface area contributed by atoms with Crippen LogP contribution in [0.2, 0.25) is 0 Å². The number of hydrogen-bond acceptors (Lipinski definition) is 2. The zero-order valence-corrected chi connectivity index (χ0v) is 9.90. The number of hydrogen-bond donors (Lipinski definition) is 1. The Labute approximate surface area is 91.9 Å². The van der Waals surface area contributed by atoms with Gasteiger partial charge in [0, 0.05) is 5.92 Å². The largest absolute Gasteiger partial charge is 0.496 e. The third kappa shape index (κ3) is 2.72. The van der Waals surface area contributed by atoms with E-state index in [0.717, 1.165) is 11.3 Å². The Morgan fingerprint density at radius 1 is 1.13 bits per heavy atom. The summed E-state index contributed by atoms with van der Waals surface area (Å²) in [6, 6.07) is 7.85. The van der Waals surface area contributed by atoms with Crippen LogP contribution in [0.5, 0.6) is 5.75 Å². The summed E-state index contributed by atoms with van der Waals surface area (Å²) in [5, 5.41) is 10.0. The van der Waals surface area contributed by atoms with Gasteiger partial charge >= 0.3 is 0 Å². The molecule has 1 rings (SSSR count). The molecule has 0 radical (unpaired) electrons. The van der Waals surface area contributed by atoms with Gasteiger partial charge in [-0.1, -0.05) is 39.0 Å². The minimum Gasteiger partial charge on any atom is -0.496 e. The maximum Gasteiger partial charge on any atom is 0.122 e. The zero-order chi connectivity index (χ0) is 11.4. The first-order valence-corrected chi connectivity index (χ1v) is 5.39. The summed E-state index contributed by atoms with van der Waals surface area (Å²) >= 11 is 0. The number of aliphatic hydroxyl groups is 1. The molecule has 2 nitrogen and oxygen atoms in total. The van der Waals surface area contributed by atoms with Crippen LogP contribution in [0.4, 0.5) is 0 Å². The van der Waals surface area contributed by atoms with Gasteiger partial charge in [-0.05, 0) is 17.5 Å². The first-order chi connectivity index (χ1) is 7.07. The lowest BCUT2D eigenvalue weighted by molar-refractivity contribution is 0.101. The molecule has 0 aromatic heterocycles. The Bertz CT molecular complexity index is 307. The average Bonchev–Trinajstić information content (AvgIpc) is 2.26. The highest BCUT2D eigenvalue weighted by Gasteiger charge is 2.21. The van der Waals surface area contributed by atoms with Crippen LogP contribution >= 0.6 is 0 Å². The lowest BCUT2D eigenvalue weighted by atomic mass is 9.88. The van der Waals surface area contributed by atoms with Gasteiger partial charge in [0.25, 0.3) is 0 Å². The molecule has 2 unspecified atom stereocenters. The quantitative estimate of drug-likeness (QED) is 0.824. The molecule has 0 aliphatic heterocycles. The number of para-hydroxylation sites is 1. The maximum absolute atomic E-state index is 10.0. The third-order valence-corrected chi connectivity index (χ3v) is 2.82. The number of aliphatic hydroxyl groups excluding tert-OH is 1. The van der Waals surface area contributed by atoms with Gasteiger partial charge in [0.05, 0.1) is 13.2 Å². The lowest BCUT2D eigenvalue weighted by Gasteiger charge is -2.23. The van der Waals surface area contributed by atoms with E-state index < -0.39 is 0 Å². The Morgan fingerprint density at radius 3 is 2.27 bits per heavy atom. The Hall–Kier alpha value is -1.02. The number of ether oxygens (including phenoxy) is 1. The topological polar surface area (TPSA) is 29.5 Å². The summed E-state index contributed by atoms with van der Waals surface area (Å²) in [5.41, 5.74) is 1.07. The molecule has 0 amide bonds. The molecule has 0 aliphatic rings. The second-order valence-electron chi connectivity index (χ2n) is 4.27. The van der Waals surface area contributed by atoms with E-state index in [2.05, 4.69) is 0 Å². The highest BCUT2D eigenvalue weighted by atomic mass is 16.5. The van der Waals surface area contributed by atoms with Crippen molar-refractivity contribution in [3.05, 3.63) is 29.8 Å². The van der Waals surface area contributed by atoms with E-state index in [1.807, 2.05) is 45.0 Å². The summed E-state index contributed by atoms with van der Waals surface area (Å²) in [7, 11) is 1.66. The Kier molecular flexibility index (Phi) is 4.15. The minimum absolute atomic E-state index is 0.0983. The van der Waals surface area contributed by atoms with Crippen molar-refractivity contribution in [2.24, 2.45) is 5.92 Å². The number of benzene rings is 1. The van der Waals surface area contributed by atoms with Crippen LogP contribution < -0.4 is 4.74 Å². The van der Waals surface area contributed by atoms with Crippen molar-refractivity contribution in [2.45, 2.75) is 32.8 Å². The molecule has 2 atom stereocenters. The molecule has 1 N–H and O–H groups in total. The van der Waals surface area contributed by atoms with Crippen molar-refractivity contribution in [3.8, 4) is 5.75 Å². The van der Waals surface area contributed by atoms with Crippen LogP contribution in [0, 0.1) is 5.92 Å². The predicted octanol–water partition coefficient (Wildman–Crippen LogP) is 2.82. The number of rotatable bonds is 4. The molecule has 0 spiro atoms. The summed E-state index contributed by atoms with van der Waals surface area (Å²) in [4.78, 5) is 0. The minimum atomic E-state index is -0.332. The van der Waals surface area contributed by atoms with Crippen molar-refractivity contribution in [3.63, 3.8) is 0 Å². The Morgan fingerprint density at radius 2 is 1.73 bits per heavy atom.